The van der Waals surface area contributed by atoms with Crippen molar-refractivity contribution in [3.05, 3.63) is 60.2 Å². The van der Waals surface area contributed by atoms with Gasteiger partial charge in [0.1, 0.15) is 6.04 Å². The van der Waals surface area contributed by atoms with Crippen LogP contribution >= 0.6 is 0 Å². The molecule has 3 rings (SSSR count). The largest absolute Gasteiger partial charge is 0.368 e. The summed E-state index contributed by atoms with van der Waals surface area (Å²) in [5.41, 5.74) is 7.23. The van der Waals surface area contributed by atoms with Crippen LogP contribution in [0.5, 0.6) is 0 Å². The molecule has 0 saturated carbocycles. The van der Waals surface area contributed by atoms with Crippen LogP contribution in [-0.2, 0) is 4.79 Å². The van der Waals surface area contributed by atoms with Crippen LogP contribution in [-0.4, -0.2) is 55.0 Å². The molecule has 29 heavy (non-hydrogen) atoms. The lowest BCUT2D eigenvalue weighted by atomic mass is 10.2. The summed E-state index contributed by atoms with van der Waals surface area (Å²) in [4.78, 5) is 39.9. The molecular formula is C21H25N5O3. The third-order valence-corrected chi connectivity index (χ3v) is 4.86. The molecule has 0 aromatic heterocycles. The van der Waals surface area contributed by atoms with Crippen molar-refractivity contribution in [1.29, 1.82) is 0 Å². The Morgan fingerprint density at radius 1 is 0.931 bits per heavy atom. The fraction of sp³-hybridized carbons (Fsp3) is 0.286. The molecule has 1 heterocycles. The molecular weight excluding hydrogens is 370 g/mol. The van der Waals surface area contributed by atoms with E-state index in [2.05, 4.69) is 27.7 Å². The van der Waals surface area contributed by atoms with Gasteiger partial charge in [0, 0.05) is 43.1 Å². The third-order valence-electron chi connectivity index (χ3n) is 4.86. The van der Waals surface area contributed by atoms with Gasteiger partial charge in [0.15, 0.2) is 0 Å². The number of urea groups is 1. The molecule has 1 atom stereocenters. The van der Waals surface area contributed by atoms with E-state index < -0.39 is 11.9 Å². The number of anilines is 2. The summed E-state index contributed by atoms with van der Waals surface area (Å²) in [5.74, 6) is -0.871. The van der Waals surface area contributed by atoms with Gasteiger partial charge in [-0.1, -0.05) is 18.2 Å². The van der Waals surface area contributed by atoms with Crippen LogP contribution in [0.1, 0.15) is 17.3 Å². The maximum absolute atomic E-state index is 12.5. The molecule has 8 nitrogen and oxygen atoms in total. The number of nitrogens with one attached hydrogen (secondary N) is 2. The number of rotatable bonds is 5. The quantitative estimate of drug-likeness (QED) is 0.715. The Kier molecular flexibility index (Phi) is 6.33. The minimum atomic E-state index is -0.703. The second-order valence-corrected chi connectivity index (χ2v) is 6.91. The Bertz CT molecular complexity index is 862. The van der Waals surface area contributed by atoms with Gasteiger partial charge < -0.3 is 26.2 Å². The van der Waals surface area contributed by atoms with Crippen molar-refractivity contribution in [2.45, 2.75) is 13.0 Å². The van der Waals surface area contributed by atoms with Gasteiger partial charge in [-0.15, -0.1) is 0 Å². The molecule has 1 unspecified atom stereocenters. The lowest BCUT2D eigenvalue weighted by Gasteiger charge is -2.36. The van der Waals surface area contributed by atoms with E-state index in [9.17, 15) is 14.4 Å². The van der Waals surface area contributed by atoms with Crippen molar-refractivity contribution in [3.63, 3.8) is 0 Å². The van der Waals surface area contributed by atoms with Crippen LogP contribution in [0.15, 0.2) is 54.6 Å². The second-order valence-electron chi connectivity index (χ2n) is 6.91. The standard InChI is InChI=1S/C21H25N5O3/c1-15(20(28)24-17-9-7-16(8-10-17)19(22)27)23-21(29)26-13-11-25(12-14-26)18-5-3-2-4-6-18/h2-10,15H,11-14H2,1H3,(H2,22,27)(H,23,29)(H,24,28). The maximum atomic E-state index is 12.5. The van der Waals surface area contributed by atoms with Gasteiger partial charge in [0.25, 0.3) is 0 Å². The van der Waals surface area contributed by atoms with Crippen LogP contribution in [0.2, 0.25) is 0 Å². The van der Waals surface area contributed by atoms with E-state index in [4.69, 9.17) is 5.73 Å². The van der Waals surface area contributed by atoms with Crippen LogP contribution in [0, 0.1) is 0 Å². The first-order valence-electron chi connectivity index (χ1n) is 9.50. The molecule has 2 aromatic carbocycles. The Morgan fingerprint density at radius 2 is 1.55 bits per heavy atom. The molecule has 8 heteroatoms. The van der Waals surface area contributed by atoms with E-state index in [-0.39, 0.29) is 11.9 Å². The number of primary amides is 1. The van der Waals surface area contributed by atoms with E-state index in [1.54, 1.807) is 24.0 Å². The first-order chi connectivity index (χ1) is 13.9. The summed E-state index contributed by atoms with van der Waals surface area (Å²) in [6.45, 7) is 4.28. The van der Waals surface area contributed by atoms with Gasteiger partial charge in [-0.3, -0.25) is 9.59 Å². The Hall–Kier alpha value is -3.55. The molecule has 4 N–H and O–H groups in total. The Balaban J connectivity index is 1.47. The van der Waals surface area contributed by atoms with Gasteiger partial charge >= 0.3 is 6.03 Å². The highest BCUT2D eigenvalue weighted by atomic mass is 16.2. The summed E-state index contributed by atoms with van der Waals surface area (Å²) in [7, 11) is 0. The minimum absolute atomic E-state index is 0.260. The van der Waals surface area contributed by atoms with Crippen molar-refractivity contribution in [2.75, 3.05) is 36.4 Å². The highest BCUT2D eigenvalue weighted by Gasteiger charge is 2.24. The predicted molar refractivity (Wildman–Crippen MR) is 112 cm³/mol. The molecule has 4 amide bonds. The number of nitrogens with two attached hydrogens (primary N) is 1. The molecule has 0 spiro atoms. The first kappa shape index (κ1) is 20.2. The van der Waals surface area contributed by atoms with Crippen LogP contribution in [0.3, 0.4) is 0 Å². The summed E-state index contributed by atoms with van der Waals surface area (Å²) in [5, 5.41) is 5.45. The van der Waals surface area contributed by atoms with Crippen molar-refractivity contribution < 1.29 is 14.4 Å². The SMILES string of the molecule is CC(NC(=O)N1CCN(c2ccccc2)CC1)C(=O)Nc1ccc(C(N)=O)cc1. The smallest absolute Gasteiger partial charge is 0.318 e. The van der Waals surface area contributed by atoms with E-state index in [1.807, 2.05) is 18.2 Å². The van der Waals surface area contributed by atoms with Crippen molar-refractivity contribution in [3.8, 4) is 0 Å². The molecule has 1 fully saturated rings. The van der Waals surface area contributed by atoms with E-state index in [0.29, 0.717) is 24.3 Å². The van der Waals surface area contributed by atoms with Crippen LogP contribution in [0.4, 0.5) is 16.2 Å². The van der Waals surface area contributed by atoms with Crippen molar-refractivity contribution in [2.24, 2.45) is 5.73 Å². The highest BCUT2D eigenvalue weighted by molar-refractivity contribution is 5.97. The van der Waals surface area contributed by atoms with Crippen LogP contribution in [0.25, 0.3) is 0 Å². The summed E-state index contributed by atoms with van der Waals surface area (Å²) < 4.78 is 0. The van der Waals surface area contributed by atoms with Gasteiger partial charge in [-0.25, -0.2) is 4.79 Å². The zero-order valence-corrected chi connectivity index (χ0v) is 16.3. The number of benzene rings is 2. The molecule has 1 saturated heterocycles. The van der Waals surface area contributed by atoms with E-state index in [0.717, 1.165) is 18.8 Å². The number of nitrogens with zero attached hydrogens (tertiary/aromatic N) is 2. The number of hydrogen-bond donors (Lipinski definition) is 3. The zero-order valence-electron chi connectivity index (χ0n) is 16.3. The third kappa shape index (κ3) is 5.25. The number of carbonyl (C=O) groups excluding carboxylic acids is 3. The average Bonchev–Trinajstić information content (AvgIpc) is 2.74. The monoisotopic (exact) mass is 395 g/mol. The van der Waals surface area contributed by atoms with Gasteiger partial charge in [-0.05, 0) is 43.3 Å². The molecule has 2 aromatic rings. The molecule has 0 aliphatic carbocycles. The van der Waals surface area contributed by atoms with Crippen LogP contribution < -0.4 is 21.3 Å². The summed E-state index contributed by atoms with van der Waals surface area (Å²) in [6, 6.07) is 15.4. The van der Waals surface area contributed by atoms with Crippen molar-refractivity contribution in [1.82, 2.24) is 10.2 Å². The maximum Gasteiger partial charge on any atom is 0.318 e. The lowest BCUT2D eigenvalue weighted by molar-refractivity contribution is -0.117. The minimum Gasteiger partial charge on any atom is -0.368 e. The molecule has 0 radical (unpaired) electrons. The van der Waals surface area contributed by atoms with E-state index in [1.165, 1.54) is 12.1 Å². The molecule has 0 bridgehead atoms. The molecule has 1 aliphatic rings. The fourth-order valence-electron chi connectivity index (χ4n) is 3.12. The lowest BCUT2D eigenvalue weighted by Crippen LogP contribution is -2.54. The predicted octanol–water partition coefficient (Wildman–Crippen LogP) is 1.64. The number of piperazine rings is 1. The van der Waals surface area contributed by atoms with Gasteiger partial charge in [-0.2, -0.15) is 0 Å². The topological polar surface area (TPSA) is 108 Å². The number of para-hydroxylation sites is 1. The molecule has 1 aliphatic heterocycles. The Morgan fingerprint density at radius 3 is 2.14 bits per heavy atom. The Labute approximate surface area is 169 Å². The summed E-state index contributed by atoms with van der Waals surface area (Å²) in [6.07, 6.45) is 0. The normalized spacial score (nSPS) is 14.8. The zero-order chi connectivity index (χ0) is 20.8. The number of hydrogen-bond acceptors (Lipinski definition) is 4. The average molecular weight is 395 g/mol. The fourth-order valence-corrected chi connectivity index (χ4v) is 3.12. The molecule has 152 valence electrons. The van der Waals surface area contributed by atoms with Crippen molar-refractivity contribution >= 4 is 29.2 Å². The van der Waals surface area contributed by atoms with E-state index >= 15 is 0 Å². The number of carbonyl (C=O) groups is 3. The number of amides is 4. The first-order valence-corrected chi connectivity index (χ1v) is 9.50. The van der Waals surface area contributed by atoms with Gasteiger partial charge in [0.2, 0.25) is 11.8 Å². The second kappa shape index (κ2) is 9.09. The summed E-state index contributed by atoms with van der Waals surface area (Å²) >= 11 is 0. The van der Waals surface area contributed by atoms with Gasteiger partial charge in [0.05, 0.1) is 0 Å². The highest BCUT2D eigenvalue weighted by Crippen LogP contribution is 2.15.